The Labute approximate surface area is 103 Å². The molecule has 1 saturated heterocycles. The van der Waals surface area contributed by atoms with E-state index in [0.717, 1.165) is 12.3 Å². The average Bonchev–Trinajstić information content (AvgIpc) is 2.28. The maximum Gasteiger partial charge on any atom is 0.168 e. The Balaban J connectivity index is 2.20. The summed E-state index contributed by atoms with van der Waals surface area (Å²) in [5, 5.41) is 0. The van der Waals surface area contributed by atoms with Gasteiger partial charge in [0.1, 0.15) is 5.82 Å². The van der Waals surface area contributed by atoms with E-state index in [1.165, 1.54) is 0 Å². The first-order valence-corrected chi connectivity index (χ1v) is 5.91. The first-order chi connectivity index (χ1) is 8.10. The minimum absolute atomic E-state index is 0.0567. The molecule has 0 aliphatic carbocycles. The molecule has 94 valence electrons. The van der Waals surface area contributed by atoms with Crippen molar-refractivity contribution >= 4 is 17.4 Å². The molecule has 6 heteroatoms. The third-order valence-corrected chi connectivity index (χ3v) is 2.93. The van der Waals surface area contributed by atoms with Gasteiger partial charge in [0.15, 0.2) is 11.6 Å². The highest BCUT2D eigenvalue weighted by molar-refractivity contribution is 6.18. The van der Waals surface area contributed by atoms with Gasteiger partial charge in [-0.15, -0.1) is 11.6 Å². The van der Waals surface area contributed by atoms with E-state index in [1.54, 1.807) is 4.90 Å². The molecule has 0 spiro atoms. The third kappa shape index (κ3) is 2.84. The van der Waals surface area contributed by atoms with Crippen molar-refractivity contribution in [3.63, 3.8) is 0 Å². The predicted octanol–water partition coefficient (Wildman–Crippen LogP) is 2.19. The van der Waals surface area contributed by atoms with Crippen LogP contribution in [0.5, 0.6) is 0 Å². The number of aromatic nitrogens is 1. The van der Waals surface area contributed by atoms with Crippen LogP contribution in [-0.2, 0) is 4.74 Å². The Hall–Kier alpha value is -0.940. The van der Waals surface area contributed by atoms with Gasteiger partial charge >= 0.3 is 0 Å². The van der Waals surface area contributed by atoms with Crippen molar-refractivity contribution in [2.45, 2.75) is 19.1 Å². The van der Waals surface area contributed by atoms with E-state index in [9.17, 15) is 8.78 Å². The highest BCUT2D eigenvalue weighted by atomic mass is 35.5. The fourth-order valence-electron chi connectivity index (χ4n) is 1.94. The van der Waals surface area contributed by atoms with Crippen LogP contribution in [-0.4, -0.2) is 36.2 Å². The summed E-state index contributed by atoms with van der Waals surface area (Å²) in [5.74, 6) is -0.852. The smallest absolute Gasteiger partial charge is 0.168 e. The molecule has 2 atom stereocenters. The Morgan fingerprint density at radius 3 is 2.94 bits per heavy atom. The third-order valence-electron chi connectivity index (χ3n) is 2.59. The Kier molecular flexibility index (Phi) is 3.79. The summed E-state index contributed by atoms with van der Waals surface area (Å²) >= 11 is 5.74. The van der Waals surface area contributed by atoms with Crippen LogP contribution in [0.1, 0.15) is 6.92 Å². The van der Waals surface area contributed by atoms with Crippen molar-refractivity contribution in [3.8, 4) is 0 Å². The molecule has 0 aromatic carbocycles. The Morgan fingerprint density at radius 2 is 2.29 bits per heavy atom. The van der Waals surface area contributed by atoms with Gasteiger partial charge in [-0.3, -0.25) is 0 Å². The topological polar surface area (TPSA) is 25.4 Å². The minimum Gasteiger partial charge on any atom is -0.370 e. The van der Waals surface area contributed by atoms with Crippen LogP contribution in [0.3, 0.4) is 0 Å². The average molecular weight is 263 g/mol. The molecule has 1 fully saturated rings. The number of nitrogens with zero attached hydrogens (tertiary/aromatic N) is 2. The van der Waals surface area contributed by atoms with Crippen molar-refractivity contribution in [1.29, 1.82) is 0 Å². The standard InChI is InChI=1S/C11H13ClF2N2O/c1-7-5-16(6-9(3-12)17-7)11-10(14)2-8(13)4-15-11/h2,4,7,9H,3,5-6H2,1H3. The molecule has 1 aromatic heterocycles. The lowest BCUT2D eigenvalue weighted by atomic mass is 10.2. The molecule has 0 radical (unpaired) electrons. The van der Waals surface area contributed by atoms with Crippen LogP contribution in [0, 0.1) is 11.6 Å². The van der Waals surface area contributed by atoms with Gasteiger partial charge in [0, 0.05) is 19.2 Å². The summed E-state index contributed by atoms with van der Waals surface area (Å²) < 4.78 is 31.9. The van der Waals surface area contributed by atoms with Crippen LogP contribution >= 0.6 is 11.6 Å². The summed E-state index contributed by atoms with van der Waals surface area (Å²) in [7, 11) is 0. The summed E-state index contributed by atoms with van der Waals surface area (Å²) in [6.45, 7) is 2.86. The molecular weight excluding hydrogens is 250 g/mol. The molecule has 0 amide bonds. The van der Waals surface area contributed by atoms with Gasteiger partial charge in [0.2, 0.25) is 0 Å². The zero-order valence-corrected chi connectivity index (χ0v) is 10.1. The van der Waals surface area contributed by atoms with E-state index >= 15 is 0 Å². The molecule has 1 aromatic rings. The van der Waals surface area contributed by atoms with Crippen LogP contribution in [0.4, 0.5) is 14.6 Å². The van der Waals surface area contributed by atoms with E-state index in [0.29, 0.717) is 19.0 Å². The van der Waals surface area contributed by atoms with Crippen molar-refractivity contribution < 1.29 is 13.5 Å². The molecular formula is C11H13ClF2N2O. The van der Waals surface area contributed by atoms with Gasteiger partial charge in [-0.2, -0.15) is 0 Å². The molecule has 0 N–H and O–H groups in total. The highest BCUT2D eigenvalue weighted by Gasteiger charge is 2.27. The molecule has 2 unspecified atom stereocenters. The molecule has 0 saturated carbocycles. The maximum absolute atomic E-state index is 13.6. The van der Waals surface area contributed by atoms with E-state index < -0.39 is 11.6 Å². The number of alkyl halides is 1. The number of morpholine rings is 1. The summed E-state index contributed by atoms with van der Waals surface area (Å²) in [5.41, 5.74) is 0. The van der Waals surface area contributed by atoms with E-state index in [2.05, 4.69) is 4.98 Å². The summed E-state index contributed by atoms with van der Waals surface area (Å²) in [6, 6.07) is 0.832. The number of pyridine rings is 1. The Morgan fingerprint density at radius 1 is 1.53 bits per heavy atom. The van der Waals surface area contributed by atoms with Crippen LogP contribution in [0.15, 0.2) is 12.3 Å². The second-order valence-corrected chi connectivity index (χ2v) is 4.40. The van der Waals surface area contributed by atoms with E-state index in [-0.39, 0.29) is 18.0 Å². The van der Waals surface area contributed by atoms with Crippen molar-refractivity contribution in [2.75, 3.05) is 23.9 Å². The highest BCUT2D eigenvalue weighted by Crippen LogP contribution is 2.22. The van der Waals surface area contributed by atoms with Crippen LogP contribution < -0.4 is 4.90 Å². The molecule has 1 aliphatic rings. The normalized spacial score (nSPS) is 25.1. The number of hydrogen-bond donors (Lipinski definition) is 0. The fourth-order valence-corrected chi connectivity index (χ4v) is 2.11. The number of hydrogen-bond acceptors (Lipinski definition) is 3. The van der Waals surface area contributed by atoms with Gasteiger partial charge < -0.3 is 9.64 Å². The predicted molar refractivity (Wildman–Crippen MR) is 61.4 cm³/mol. The van der Waals surface area contributed by atoms with E-state index in [4.69, 9.17) is 16.3 Å². The minimum atomic E-state index is -0.679. The van der Waals surface area contributed by atoms with Gasteiger partial charge in [-0.05, 0) is 6.92 Å². The molecule has 1 aliphatic heterocycles. The van der Waals surface area contributed by atoms with Gasteiger partial charge in [-0.1, -0.05) is 0 Å². The van der Waals surface area contributed by atoms with Gasteiger partial charge in [0.25, 0.3) is 0 Å². The molecule has 2 rings (SSSR count). The largest absolute Gasteiger partial charge is 0.370 e. The molecule has 17 heavy (non-hydrogen) atoms. The van der Waals surface area contributed by atoms with Gasteiger partial charge in [-0.25, -0.2) is 13.8 Å². The monoisotopic (exact) mass is 262 g/mol. The Bertz CT molecular complexity index is 405. The molecule has 3 nitrogen and oxygen atoms in total. The van der Waals surface area contributed by atoms with Crippen LogP contribution in [0.25, 0.3) is 0 Å². The molecule has 0 bridgehead atoms. The number of halogens is 3. The first-order valence-electron chi connectivity index (χ1n) is 5.37. The number of rotatable bonds is 2. The fraction of sp³-hybridized carbons (Fsp3) is 0.545. The quantitative estimate of drug-likeness (QED) is 0.764. The second-order valence-electron chi connectivity index (χ2n) is 4.09. The number of anilines is 1. The lowest BCUT2D eigenvalue weighted by molar-refractivity contribution is -0.00377. The summed E-state index contributed by atoms with van der Waals surface area (Å²) in [6.07, 6.45) is 0.791. The first kappa shape index (κ1) is 12.5. The zero-order chi connectivity index (χ0) is 12.4. The lowest BCUT2D eigenvalue weighted by Gasteiger charge is -2.36. The van der Waals surface area contributed by atoms with Gasteiger partial charge in [0.05, 0.1) is 24.3 Å². The zero-order valence-electron chi connectivity index (χ0n) is 9.37. The SMILES string of the molecule is CC1CN(c2ncc(F)cc2F)CC(CCl)O1. The second kappa shape index (κ2) is 5.14. The van der Waals surface area contributed by atoms with Crippen molar-refractivity contribution in [2.24, 2.45) is 0 Å². The summed E-state index contributed by atoms with van der Waals surface area (Å²) in [4.78, 5) is 5.51. The van der Waals surface area contributed by atoms with Crippen molar-refractivity contribution in [1.82, 2.24) is 4.98 Å². The van der Waals surface area contributed by atoms with Crippen LogP contribution in [0.2, 0.25) is 0 Å². The van der Waals surface area contributed by atoms with E-state index in [1.807, 2.05) is 6.92 Å². The maximum atomic E-state index is 13.6. The lowest BCUT2D eigenvalue weighted by Crippen LogP contribution is -2.48. The molecule has 2 heterocycles. The van der Waals surface area contributed by atoms with Crippen molar-refractivity contribution in [3.05, 3.63) is 23.9 Å². The number of ether oxygens (including phenoxy) is 1.